The lowest BCUT2D eigenvalue weighted by Gasteiger charge is -2.08. The Morgan fingerprint density at radius 2 is 1.07 bits per heavy atom. The van der Waals surface area contributed by atoms with Crippen molar-refractivity contribution in [2.75, 3.05) is 0 Å². The van der Waals surface area contributed by atoms with Crippen LogP contribution in [-0.2, 0) is 0 Å². The highest BCUT2D eigenvalue weighted by Crippen LogP contribution is 2.40. The zero-order chi connectivity index (χ0) is 29.0. The van der Waals surface area contributed by atoms with Gasteiger partial charge in [-0.3, -0.25) is 0 Å². The first kappa shape index (κ1) is 24.4. The zero-order valence-electron chi connectivity index (χ0n) is 23.4. The largest absolute Gasteiger partial charge is 0.452 e. The first-order chi connectivity index (χ1) is 21.8. The molecule has 0 spiro atoms. The van der Waals surface area contributed by atoms with Gasteiger partial charge in [0.15, 0.2) is 17.0 Å². The van der Waals surface area contributed by atoms with E-state index >= 15 is 0 Å². The summed E-state index contributed by atoms with van der Waals surface area (Å²) < 4.78 is 12.8. The molecule has 0 saturated carbocycles. The number of fused-ring (bicyclic) bond motifs is 7. The molecule has 0 unspecified atom stereocenters. The number of nitrogens with zero attached hydrogens (tertiary/aromatic N) is 2. The molecule has 9 rings (SSSR count). The molecule has 6 aromatic carbocycles. The van der Waals surface area contributed by atoms with Crippen molar-refractivity contribution in [1.82, 2.24) is 9.97 Å². The van der Waals surface area contributed by atoms with Gasteiger partial charge >= 0.3 is 0 Å². The van der Waals surface area contributed by atoms with Crippen LogP contribution in [0.4, 0.5) is 0 Å². The summed E-state index contributed by atoms with van der Waals surface area (Å²) in [6.45, 7) is 0. The summed E-state index contributed by atoms with van der Waals surface area (Å²) >= 11 is 0. The van der Waals surface area contributed by atoms with Crippen molar-refractivity contribution in [3.63, 3.8) is 0 Å². The molecular weight excluding hydrogens is 540 g/mol. The molecule has 4 nitrogen and oxygen atoms in total. The Hall–Kier alpha value is -6.18. The Labute approximate surface area is 252 Å². The van der Waals surface area contributed by atoms with Crippen LogP contribution in [0.3, 0.4) is 0 Å². The second kappa shape index (κ2) is 9.69. The van der Waals surface area contributed by atoms with Crippen LogP contribution in [0.25, 0.3) is 88.9 Å². The molecule has 0 amide bonds. The van der Waals surface area contributed by atoms with E-state index in [1.54, 1.807) is 0 Å². The summed E-state index contributed by atoms with van der Waals surface area (Å²) in [6.07, 6.45) is 0. The molecule has 3 heterocycles. The Balaban J connectivity index is 1.21. The van der Waals surface area contributed by atoms with Gasteiger partial charge in [0.1, 0.15) is 11.2 Å². The lowest BCUT2D eigenvalue weighted by Crippen LogP contribution is -1.95. The van der Waals surface area contributed by atoms with Crippen LogP contribution in [0.15, 0.2) is 142 Å². The SMILES string of the molecule is c1cccc(-c2cc(-c3ccccc3)nc(-c3ccc4oc5c(ccc6c7cc(-c8ccccc8)ccc7oc65)c4c3)n2)c#1. The Bertz CT molecular complexity index is 2420. The van der Waals surface area contributed by atoms with Crippen molar-refractivity contribution in [2.45, 2.75) is 0 Å². The molecule has 204 valence electrons. The Morgan fingerprint density at radius 1 is 0.455 bits per heavy atom. The van der Waals surface area contributed by atoms with Gasteiger partial charge in [-0.15, -0.1) is 0 Å². The number of furan rings is 2. The van der Waals surface area contributed by atoms with Crippen molar-refractivity contribution in [3.05, 3.63) is 146 Å². The Kier molecular flexibility index (Phi) is 5.38. The lowest BCUT2D eigenvalue weighted by molar-refractivity contribution is 0.633. The van der Waals surface area contributed by atoms with Crippen LogP contribution in [0, 0.1) is 12.1 Å². The highest BCUT2D eigenvalue weighted by atomic mass is 16.4. The topological polar surface area (TPSA) is 52.1 Å². The molecule has 0 N–H and O–H groups in total. The Morgan fingerprint density at radius 3 is 1.73 bits per heavy atom. The third-order valence-corrected chi connectivity index (χ3v) is 8.16. The third kappa shape index (κ3) is 3.95. The van der Waals surface area contributed by atoms with E-state index in [1.165, 1.54) is 5.56 Å². The van der Waals surface area contributed by atoms with E-state index in [-0.39, 0.29) is 0 Å². The second-order valence-corrected chi connectivity index (χ2v) is 10.8. The van der Waals surface area contributed by atoms with Crippen LogP contribution in [0.1, 0.15) is 0 Å². The quantitative estimate of drug-likeness (QED) is 0.214. The van der Waals surface area contributed by atoms with Gasteiger partial charge in [-0.1, -0.05) is 84.9 Å². The second-order valence-electron chi connectivity index (χ2n) is 10.8. The fourth-order valence-electron chi connectivity index (χ4n) is 5.99. The van der Waals surface area contributed by atoms with E-state index in [4.69, 9.17) is 18.8 Å². The lowest BCUT2D eigenvalue weighted by atomic mass is 10.0. The molecule has 0 aliphatic rings. The van der Waals surface area contributed by atoms with Crippen LogP contribution in [-0.4, -0.2) is 9.97 Å². The first-order valence-electron chi connectivity index (χ1n) is 14.5. The number of aromatic nitrogens is 2. The van der Waals surface area contributed by atoms with E-state index < -0.39 is 0 Å². The van der Waals surface area contributed by atoms with E-state index in [0.717, 1.165) is 77.5 Å². The molecule has 0 aliphatic heterocycles. The average molecular weight is 563 g/mol. The maximum atomic E-state index is 6.44. The summed E-state index contributed by atoms with van der Waals surface area (Å²) in [7, 11) is 0. The summed E-state index contributed by atoms with van der Waals surface area (Å²) in [6, 6.07) is 51.3. The standard InChI is InChI=1S/C40H22N2O2/c1-4-10-25(11-5-1)28-16-20-36-32(22-28)30-18-19-31-33-23-29(17-21-37(33)44-39(31)38(30)43-36)40-41-34(26-12-6-2-7-13-26)24-35(42-40)27-14-8-3-9-15-27/h1-8,10-14,16-24H. The minimum Gasteiger partial charge on any atom is -0.452 e. The van der Waals surface area contributed by atoms with Crippen molar-refractivity contribution in [1.29, 1.82) is 0 Å². The summed E-state index contributed by atoms with van der Waals surface area (Å²) in [5.41, 5.74) is 9.86. The summed E-state index contributed by atoms with van der Waals surface area (Å²) in [5.74, 6) is 0.633. The number of benzene rings is 5. The van der Waals surface area contributed by atoms with E-state index in [0.29, 0.717) is 5.82 Å². The molecule has 0 aliphatic carbocycles. The van der Waals surface area contributed by atoms with Gasteiger partial charge in [0, 0.05) is 32.7 Å². The van der Waals surface area contributed by atoms with Crippen LogP contribution in [0.5, 0.6) is 0 Å². The molecule has 0 fully saturated rings. The fraction of sp³-hybridized carbons (Fsp3) is 0. The molecule has 3 aromatic heterocycles. The van der Waals surface area contributed by atoms with Gasteiger partial charge in [-0.25, -0.2) is 9.97 Å². The van der Waals surface area contributed by atoms with Gasteiger partial charge in [0.2, 0.25) is 0 Å². The van der Waals surface area contributed by atoms with Crippen molar-refractivity contribution < 1.29 is 8.83 Å². The first-order valence-corrected chi connectivity index (χ1v) is 14.5. The van der Waals surface area contributed by atoms with E-state index in [9.17, 15) is 0 Å². The average Bonchev–Trinajstić information content (AvgIpc) is 3.67. The number of rotatable bonds is 4. The normalized spacial score (nSPS) is 11.5. The predicted octanol–water partition coefficient (Wildman–Crippen LogP) is 10.5. The molecular formula is C40H22N2O2. The maximum absolute atomic E-state index is 6.44. The minimum atomic E-state index is 0.633. The molecule has 0 atom stereocenters. The molecule has 4 heteroatoms. The monoisotopic (exact) mass is 562 g/mol. The van der Waals surface area contributed by atoms with Crippen molar-refractivity contribution in [3.8, 4) is 45.0 Å². The van der Waals surface area contributed by atoms with E-state index in [1.807, 2.05) is 66.7 Å². The van der Waals surface area contributed by atoms with Crippen LogP contribution >= 0.6 is 0 Å². The molecule has 0 radical (unpaired) electrons. The molecule has 44 heavy (non-hydrogen) atoms. The predicted molar refractivity (Wildman–Crippen MR) is 176 cm³/mol. The smallest absolute Gasteiger partial charge is 0.178 e. The van der Waals surface area contributed by atoms with Crippen molar-refractivity contribution >= 4 is 43.9 Å². The highest BCUT2D eigenvalue weighted by Gasteiger charge is 2.18. The van der Waals surface area contributed by atoms with Crippen LogP contribution in [0.2, 0.25) is 0 Å². The number of hydrogen-bond donors (Lipinski definition) is 0. The van der Waals surface area contributed by atoms with Crippen LogP contribution < -0.4 is 0 Å². The maximum Gasteiger partial charge on any atom is 0.178 e. The zero-order valence-corrected chi connectivity index (χ0v) is 23.4. The van der Waals surface area contributed by atoms with Gasteiger partial charge in [0.05, 0.1) is 17.0 Å². The molecule has 0 bridgehead atoms. The highest BCUT2D eigenvalue weighted by molar-refractivity contribution is 6.19. The summed E-state index contributed by atoms with van der Waals surface area (Å²) in [5, 5.41) is 4.07. The van der Waals surface area contributed by atoms with Gasteiger partial charge in [-0.05, 0) is 71.8 Å². The van der Waals surface area contributed by atoms with Gasteiger partial charge < -0.3 is 8.83 Å². The molecule has 0 saturated heterocycles. The summed E-state index contributed by atoms with van der Waals surface area (Å²) in [4.78, 5) is 9.97. The minimum absolute atomic E-state index is 0.633. The van der Waals surface area contributed by atoms with Gasteiger partial charge in [0.25, 0.3) is 0 Å². The molecule has 9 aromatic rings. The number of hydrogen-bond acceptors (Lipinski definition) is 4. The third-order valence-electron chi connectivity index (χ3n) is 8.16. The van der Waals surface area contributed by atoms with Crippen molar-refractivity contribution in [2.24, 2.45) is 0 Å². The fourth-order valence-corrected chi connectivity index (χ4v) is 5.99. The van der Waals surface area contributed by atoms with Gasteiger partial charge in [-0.2, -0.15) is 0 Å². The van der Waals surface area contributed by atoms with E-state index in [2.05, 4.69) is 78.9 Å².